The fourth-order valence-electron chi connectivity index (χ4n) is 0.237. The number of carboxylic acid groups (broad SMARTS) is 1. The summed E-state index contributed by atoms with van der Waals surface area (Å²) in [6, 6.07) is -2.15. The van der Waals surface area contributed by atoms with E-state index in [1.165, 1.54) is 0 Å². The topological polar surface area (TPSA) is 63.3 Å². The van der Waals surface area contributed by atoms with E-state index in [1.54, 1.807) is 0 Å². The second-order valence-corrected chi connectivity index (χ2v) is 1.44. The van der Waals surface area contributed by atoms with Gasteiger partial charge in [0.2, 0.25) is 0 Å². The Hall–Kier alpha value is -0.570. The molecule has 9 heavy (non-hydrogen) atoms. The molecule has 1 unspecified atom stereocenters. The molecular formula is C6H13NO2. The monoisotopic (exact) mass is 138 g/mol. The number of aliphatic carboxylic acids is 1. The minimum absolute atomic E-state index is 1.75. The summed E-state index contributed by atoms with van der Waals surface area (Å²) >= 11 is 0. The van der Waals surface area contributed by atoms with Gasteiger partial charge in [-0.2, -0.15) is 0 Å². The van der Waals surface area contributed by atoms with Crippen molar-refractivity contribution in [2.45, 2.75) is 26.2 Å². The smallest absolute Gasteiger partial charge is 0.320 e. The fraction of sp³-hybridized carbons (Fsp3) is 0.833. The molecule has 54 valence electrons. The standard InChI is InChI=1S/C6H13NO2/c1-3-4(2)5(7)6(8)9/h4-5H,3,7H2,1-2H3,(H,8,9)/t4-,5-/m0/s1/i1D2,2D3,3D,4D/t3?,4-,5-. The molecule has 0 aromatic heterocycles. The average Bonchev–Trinajstić information content (AvgIpc) is 2.11. The number of nitrogens with two attached hydrogens (primary N) is 1. The third-order valence-electron chi connectivity index (χ3n) is 0.781. The summed E-state index contributed by atoms with van der Waals surface area (Å²) in [4.78, 5) is 10.6. The lowest BCUT2D eigenvalue weighted by atomic mass is 10.0. The van der Waals surface area contributed by atoms with Crippen molar-refractivity contribution in [1.29, 1.82) is 0 Å². The van der Waals surface area contributed by atoms with Gasteiger partial charge in [0.05, 0.1) is 0 Å². The number of carboxylic acids is 1. The molecule has 0 aromatic rings. The first-order valence-electron chi connectivity index (χ1n) is 5.94. The van der Waals surface area contributed by atoms with Gasteiger partial charge >= 0.3 is 5.97 Å². The predicted molar refractivity (Wildman–Crippen MR) is 35.1 cm³/mol. The van der Waals surface area contributed by atoms with Crippen LogP contribution in [0.15, 0.2) is 0 Å². The van der Waals surface area contributed by atoms with Crippen molar-refractivity contribution >= 4 is 5.97 Å². The second-order valence-electron chi connectivity index (χ2n) is 1.44. The molecule has 3 nitrogen and oxygen atoms in total. The van der Waals surface area contributed by atoms with Crippen LogP contribution in [-0.4, -0.2) is 17.1 Å². The maximum Gasteiger partial charge on any atom is 0.320 e. The van der Waals surface area contributed by atoms with Crippen LogP contribution in [0.4, 0.5) is 0 Å². The molecule has 3 N–H and O–H groups in total. The summed E-state index contributed by atoms with van der Waals surface area (Å²) in [5, 5.41) is 8.61. The normalized spacial score (nSPS) is 36.9. The zero-order valence-electron chi connectivity index (χ0n) is 11.7. The van der Waals surface area contributed by atoms with Crippen molar-refractivity contribution in [3.05, 3.63) is 0 Å². The summed E-state index contributed by atoms with van der Waals surface area (Å²) < 4.78 is 49.8. The van der Waals surface area contributed by atoms with E-state index in [0.29, 0.717) is 0 Å². The summed E-state index contributed by atoms with van der Waals surface area (Å²) in [5.74, 6) is -4.63. The number of rotatable bonds is 3. The van der Waals surface area contributed by atoms with Crippen LogP contribution in [0.25, 0.3) is 0 Å². The lowest BCUT2D eigenvalue weighted by molar-refractivity contribution is -0.139. The molecule has 3 heteroatoms. The first kappa shape index (κ1) is 2.23. The van der Waals surface area contributed by atoms with Gasteiger partial charge in [-0.25, -0.2) is 0 Å². The van der Waals surface area contributed by atoms with Crippen LogP contribution < -0.4 is 5.73 Å². The van der Waals surface area contributed by atoms with Gasteiger partial charge in [0.1, 0.15) is 6.04 Å². The van der Waals surface area contributed by atoms with Crippen LogP contribution in [0.3, 0.4) is 0 Å². The van der Waals surface area contributed by atoms with Crippen molar-refractivity contribution in [2.75, 3.05) is 0 Å². The fourth-order valence-corrected chi connectivity index (χ4v) is 0.237. The quantitative estimate of drug-likeness (QED) is 0.595. The number of carbonyl (C=O) groups is 1. The summed E-state index contributed by atoms with van der Waals surface area (Å²) in [6.07, 6.45) is -2.06. The van der Waals surface area contributed by atoms with Crippen LogP contribution >= 0.6 is 0 Å². The molecule has 0 aliphatic rings. The molecule has 0 radical (unpaired) electrons. The molecule has 0 aliphatic carbocycles. The molecule has 0 bridgehead atoms. The average molecular weight is 138 g/mol. The van der Waals surface area contributed by atoms with Crippen molar-refractivity contribution in [2.24, 2.45) is 11.6 Å². The van der Waals surface area contributed by atoms with Crippen molar-refractivity contribution in [3.63, 3.8) is 0 Å². The van der Waals surface area contributed by atoms with E-state index in [4.69, 9.17) is 20.4 Å². The SMILES string of the molecule is [2H]C([2H])C([2H])[C@@]([2H])([C@H](N)C(=O)O)C([2H])([2H])[2H]. The number of hydrogen-bond donors (Lipinski definition) is 2. The highest BCUT2D eigenvalue weighted by molar-refractivity contribution is 5.73. The summed E-state index contributed by atoms with van der Waals surface area (Å²) in [7, 11) is 0. The molecule has 0 saturated carbocycles. The zero-order valence-corrected chi connectivity index (χ0v) is 4.66. The van der Waals surface area contributed by atoms with E-state index >= 15 is 0 Å². The molecule has 0 aromatic carbocycles. The van der Waals surface area contributed by atoms with Gasteiger partial charge in [0, 0.05) is 9.60 Å². The van der Waals surface area contributed by atoms with E-state index in [1.807, 2.05) is 0 Å². The molecule has 3 atom stereocenters. The highest BCUT2D eigenvalue weighted by Gasteiger charge is 2.17. The first-order valence-corrected chi connectivity index (χ1v) is 2.21. The Morgan fingerprint density at radius 3 is 3.22 bits per heavy atom. The Morgan fingerprint density at radius 1 is 2.22 bits per heavy atom. The maximum atomic E-state index is 10.6. The van der Waals surface area contributed by atoms with Crippen LogP contribution in [0.1, 0.15) is 29.7 Å². The van der Waals surface area contributed by atoms with Crippen LogP contribution in [0, 0.1) is 5.89 Å². The Labute approximate surface area is 64.7 Å². The maximum absolute atomic E-state index is 10.6. The van der Waals surface area contributed by atoms with Crippen LogP contribution in [0.2, 0.25) is 0 Å². The molecule has 0 aliphatic heterocycles. The highest BCUT2D eigenvalue weighted by atomic mass is 16.4. The Morgan fingerprint density at radius 2 is 2.89 bits per heavy atom. The van der Waals surface area contributed by atoms with Gasteiger partial charge in [0.25, 0.3) is 0 Å². The lowest BCUT2D eigenvalue weighted by Gasteiger charge is -2.11. The molecule has 0 spiro atoms. The van der Waals surface area contributed by atoms with Gasteiger partial charge < -0.3 is 10.8 Å². The third-order valence-corrected chi connectivity index (χ3v) is 0.781. The van der Waals surface area contributed by atoms with E-state index in [2.05, 4.69) is 0 Å². The predicted octanol–water partition coefficient (Wildman–Crippen LogP) is 0.444. The van der Waals surface area contributed by atoms with Crippen molar-refractivity contribution in [1.82, 2.24) is 0 Å². The summed E-state index contributed by atoms with van der Waals surface area (Å²) in [5.41, 5.74) is 5.09. The molecular weight excluding hydrogens is 118 g/mol. The van der Waals surface area contributed by atoms with E-state index in [9.17, 15) is 4.79 Å². The van der Waals surface area contributed by atoms with Crippen molar-refractivity contribution < 1.29 is 19.5 Å². The molecule has 0 fully saturated rings. The van der Waals surface area contributed by atoms with Crippen LogP contribution in [0.5, 0.6) is 0 Å². The van der Waals surface area contributed by atoms with E-state index in [-0.39, 0.29) is 0 Å². The minimum Gasteiger partial charge on any atom is -0.480 e. The van der Waals surface area contributed by atoms with Gasteiger partial charge in [-0.3, -0.25) is 4.79 Å². The van der Waals surface area contributed by atoms with E-state index < -0.39 is 38.0 Å². The Balaban J connectivity index is 5.45. The van der Waals surface area contributed by atoms with Gasteiger partial charge in [0.15, 0.2) is 0 Å². The highest BCUT2D eigenvalue weighted by Crippen LogP contribution is 2.04. The lowest BCUT2D eigenvalue weighted by Crippen LogP contribution is -2.36. The molecule has 0 amide bonds. The Kier molecular flexibility index (Phi) is 0.858. The number of hydrogen-bond acceptors (Lipinski definition) is 2. The molecule has 0 rings (SSSR count). The molecule has 0 heterocycles. The molecule has 0 saturated heterocycles. The Bertz CT molecular complexity index is 268. The third kappa shape index (κ3) is 2.46. The van der Waals surface area contributed by atoms with Gasteiger partial charge in [-0.05, 0) is 5.89 Å². The van der Waals surface area contributed by atoms with Gasteiger partial charge in [-0.15, -0.1) is 0 Å². The summed E-state index contributed by atoms with van der Waals surface area (Å²) in [6.45, 7) is -5.12. The minimum atomic E-state index is -3.16. The van der Waals surface area contributed by atoms with Crippen LogP contribution in [-0.2, 0) is 4.79 Å². The zero-order chi connectivity index (χ0) is 13.3. The van der Waals surface area contributed by atoms with E-state index in [0.717, 1.165) is 0 Å². The largest absolute Gasteiger partial charge is 0.480 e. The van der Waals surface area contributed by atoms with Crippen molar-refractivity contribution in [3.8, 4) is 0 Å². The second kappa shape index (κ2) is 3.45. The van der Waals surface area contributed by atoms with Gasteiger partial charge in [-0.1, -0.05) is 20.1 Å². The first-order chi connectivity index (χ1) is 6.96.